The lowest BCUT2D eigenvalue weighted by Crippen LogP contribution is -2.26. The van der Waals surface area contributed by atoms with Crippen LogP contribution in [0.5, 0.6) is 0 Å². The molecule has 1 aromatic heterocycles. The van der Waals surface area contributed by atoms with E-state index in [1.807, 2.05) is 11.3 Å². The smallest absolute Gasteiger partial charge is 0.0731 e. The molecule has 0 radical (unpaired) electrons. The molecule has 12 aromatic rings. The number of benzene rings is 11. The lowest BCUT2D eigenvalue weighted by Gasteiger charge is -2.32. The van der Waals surface area contributed by atoms with Gasteiger partial charge in [-0.15, -0.1) is 11.3 Å². The molecular formula is C61H38N2S. The van der Waals surface area contributed by atoms with Gasteiger partial charge in [0.05, 0.1) is 5.41 Å². The minimum atomic E-state index is -0.539. The van der Waals surface area contributed by atoms with E-state index in [2.05, 4.69) is 235 Å². The summed E-state index contributed by atoms with van der Waals surface area (Å²) in [6, 6.07) is 83.6. The summed E-state index contributed by atoms with van der Waals surface area (Å²) in [7, 11) is 0. The molecule has 1 N–H and O–H groups in total. The number of thiophene rings is 1. The van der Waals surface area contributed by atoms with Crippen LogP contribution in [-0.4, -0.2) is 0 Å². The van der Waals surface area contributed by atoms with Crippen molar-refractivity contribution >= 4 is 92.3 Å². The van der Waals surface area contributed by atoms with Crippen LogP contribution in [-0.2, 0) is 5.41 Å². The number of fused-ring (bicyclic) bond motifs is 18. The molecule has 11 aromatic carbocycles. The Morgan fingerprint density at radius 2 is 1.06 bits per heavy atom. The number of hydrogen-bond donors (Lipinski definition) is 1. The van der Waals surface area contributed by atoms with Crippen molar-refractivity contribution in [1.82, 2.24) is 0 Å². The minimum absolute atomic E-state index is 0.539. The monoisotopic (exact) mass is 830 g/mol. The zero-order valence-electron chi connectivity index (χ0n) is 34.7. The van der Waals surface area contributed by atoms with E-state index in [1.165, 1.54) is 97.0 Å². The van der Waals surface area contributed by atoms with E-state index in [0.29, 0.717) is 0 Å². The lowest BCUT2D eigenvalue weighted by atomic mass is 9.69. The fourth-order valence-corrected chi connectivity index (χ4v) is 12.4. The largest absolute Gasteiger partial charge is 0.356 e. The quantitative estimate of drug-likeness (QED) is 0.186. The molecule has 1 atom stereocenters. The zero-order valence-corrected chi connectivity index (χ0v) is 35.5. The number of nitrogens with zero attached hydrogens (tertiary/aromatic N) is 1. The summed E-state index contributed by atoms with van der Waals surface area (Å²) in [6.45, 7) is 0. The molecule has 0 bridgehead atoms. The van der Waals surface area contributed by atoms with Crippen LogP contribution in [0.15, 0.2) is 224 Å². The van der Waals surface area contributed by atoms with Gasteiger partial charge in [-0.25, -0.2) is 0 Å². The number of nitrogens with one attached hydrogen (secondary N) is 1. The number of anilines is 5. The Balaban J connectivity index is 1.03. The second kappa shape index (κ2) is 13.5. The molecule has 0 aliphatic heterocycles. The van der Waals surface area contributed by atoms with Crippen molar-refractivity contribution in [3.05, 3.63) is 247 Å². The molecule has 0 fully saturated rings. The van der Waals surface area contributed by atoms with Gasteiger partial charge in [-0.3, -0.25) is 0 Å². The molecule has 0 saturated carbocycles. The Morgan fingerprint density at radius 1 is 0.344 bits per heavy atom. The van der Waals surface area contributed by atoms with E-state index >= 15 is 0 Å². The first-order valence-electron chi connectivity index (χ1n) is 22.1. The third kappa shape index (κ3) is 5.01. The summed E-state index contributed by atoms with van der Waals surface area (Å²) >= 11 is 1.86. The van der Waals surface area contributed by atoms with Gasteiger partial charge in [-0.1, -0.05) is 140 Å². The second-order valence-corrected chi connectivity index (χ2v) is 18.4. The summed E-state index contributed by atoms with van der Waals surface area (Å²) in [4.78, 5) is 2.42. The van der Waals surface area contributed by atoms with Gasteiger partial charge in [0.25, 0.3) is 0 Å². The first-order chi connectivity index (χ1) is 31.7. The third-order valence-corrected chi connectivity index (χ3v) is 15.1. The van der Waals surface area contributed by atoms with Gasteiger partial charge in [0.2, 0.25) is 0 Å². The highest BCUT2D eigenvalue weighted by Gasteiger charge is 2.53. The highest BCUT2D eigenvalue weighted by Crippen LogP contribution is 2.65. The molecule has 1 spiro atoms. The molecule has 2 aliphatic carbocycles. The van der Waals surface area contributed by atoms with E-state index in [1.54, 1.807) is 0 Å². The summed E-state index contributed by atoms with van der Waals surface area (Å²) in [5.41, 5.74) is 15.7. The fraction of sp³-hybridized carbons (Fsp3) is 0.0164. The molecule has 298 valence electrons. The molecule has 3 heteroatoms. The van der Waals surface area contributed by atoms with Gasteiger partial charge in [0.15, 0.2) is 0 Å². The maximum atomic E-state index is 3.66. The van der Waals surface area contributed by atoms with Gasteiger partial charge in [-0.2, -0.15) is 0 Å². The SMILES string of the molecule is c1ccc(Nc2ccc3c4c(ccc3c2)-c2cc3ccc(N(c5ccccc5)c5ccc6sc7ccccc7c6c5)cc3cc2C42c3ccccc3-c3c2ccc2ccccc32)cc1. The van der Waals surface area contributed by atoms with Crippen molar-refractivity contribution < 1.29 is 0 Å². The Labute approximate surface area is 374 Å². The molecule has 2 nitrogen and oxygen atoms in total. The normalized spacial score (nSPS) is 14.6. The van der Waals surface area contributed by atoms with Gasteiger partial charge in [0.1, 0.15) is 0 Å². The summed E-state index contributed by atoms with van der Waals surface area (Å²) in [5.74, 6) is 0. The van der Waals surface area contributed by atoms with Gasteiger partial charge in [0, 0.05) is 48.6 Å². The standard InChI is InChI=1S/C61H38N2S/c1-3-14-42(15-4-1)62-43-26-30-48-40(33-43)24-29-50-52-35-39-23-27-45(63(44-16-5-2-6-17-44)46-28-32-58-53(37-46)49-19-10-12-22-57(49)64-58)34-41(39)36-56(52)61(60(48)50)54-21-11-9-20-51(54)59-47-18-8-7-13-38(47)25-31-55(59)61/h1-37,62H. The molecule has 1 heterocycles. The Hall–Kier alpha value is -7.98. The number of rotatable bonds is 5. The van der Waals surface area contributed by atoms with Crippen LogP contribution in [0.4, 0.5) is 28.4 Å². The zero-order chi connectivity index (χ0) is 41.9. The number of para-hydroxylation sites is 2. The second-order valence-electron chi connectivity index (χ2n) is 17.3. The average Bonchev–Trinajstić information content (AvgIpc) is 3.97. The lowest BCUT2D eigenvalue weighted by molar-refractivity contribution is 0.803. The molecule has 2 aliphatic rings. The van der Waals surface area contributed by atoms with Gasteiger partial charge < -0.3 is 10.2 Å². The van der Waals surface area contributed by atoms with Crippen LogP contribution in [0, 0.1) is 0 Å². The summed E-state index contributed by atoms with van der Waals surface area (Å²) in [5, 5.41) is 13.8. The van der Waals surface area contributed by atoms with Crippen LogP contribution in [0.1, 0.15) is 22.3 Å². The van der Waals surface area contributed by atoms with E-state index in [9.17, 15) is 0 Å². The van der Waals surface area contributed by atoms with Crippen LogP contribution in [0.25, 0.3) is 74.7 Å². The van der Waals surface area contributed by atoms with Crippen molar-refractivity contribution in [3.8, 4) is 22.3 Å². The summed E-state index contributed by atoms with van der Waals surface area (Å²) < 4.78 is 2.62. The Kier molecular flexibility index (Phi) is 7.51. The van der Waals surface area contributed by atoms with E-state index < -0.39 is 5.41 Å². The third-order valence-electron chi connectivity index (χ3n) is 13.9. The van der Waals surface area contributed by atoms with Gasteiger partial charge >= 0.3 is 0 Å². The maximum absolute atomic E-state index is 3.66. The molecule has 14 rings (SSSR count). The van der Waals surface area contributed by atoms with Crippen molar-refractivity contribution in [3.63, 3.8) is 0 Å². The van der Waals surface area contributed by atoms with Crippen LogP contribution in [0.3, 0.4) is 0 Å². The highest BCUT2D eigenvalue weighted by atomic mass is 32.1. The summed E-state index contributed by atoms with van der Waals surface area (Å²) in [6.07, 6.45) is 0. The minimum Gasteiger partial charge on any atom is -0.356 e. The first kappa shape index (κ1) is 35.6. The average molecular weight is 831 g/mol. The predicted octanol–water partition coefficient (Wildman–Crippen LogP) is 17.1. The van der Waals surface area contributed by atoms with E-state index in [0.717, 1.165) is 28.4 Å². The van der Waals surface area contributed by atoms with E-state index in [4.69, 9.17) is 0 Å². The molecule has 1 unspecified atom stereocenters. The molecule has 0 amide bonds. The van der Waals surface area contributed by atoms with Crippen molar-refractivity contribution in [2.45, 2.75) is 5.41 Å². The number of hydrogen-bond acceptors (Lipinski definition) is 3. The van der Waals surface area contributed by atoms with Crippen LogP contribution >= 0.6 is 11.3 Å². The van der Waals surface area contributed by atoms with Crippen molar-refractivity contribution in [2.24, 2.45) is 0 Å². The predicted molar refractivity (Wildman–Crippen MR) is 273 cm³/mol. The highest BCUT2D eigenvalue weighted by molar-refractivity contribution is 7.25. The topological polar surface area (TPSA) is 15.3 Å². The molecule has 0 saturated heterocycles. The molecular weight excluding hydrogens is 793 g/mol. The molecule has 64 heavy (non-hydrogen) atoms. The Bertz CT molecular complexity index is 3890. The van der Waals surface area contributed by atoms with Gasteiger partial charge in [-0.05, 0) is 162 Å². The van der Waals surface area contributed by atoms with Crippen molar-refractivity contribution in [2.75, 3.05) is 10.2 Å². The van der Waals surface area contributed by atoms with Crippen LogP contribution in [0.2, 0.25) is 0 Å². The van der Waals surface area contributed by atoms with Crippen LogP contribution < -0.4 is 10.2 Å². The van der Waals surface area contributed by atoms with E-state index in [-0.39, 0.29) is 0 Å². The van der Waals surface area contributed by atoms with Crippen molar-refractivity contribution in [1.29, 1.82) is 0 Å². The first-order valence-corrected chi connectivity index (χ1v) is 22.9. The Morgan fingerprint density at radius 3 is 1.97 bits per heavy atom. The maximum Gasteiger partial charge on any atom is 0.0731 e. The fourth-order valence-electron chi connectivity index (χ4n) is 11.3.